The van der Waals surface area contributed by atoms with Gasteiger partial charge in [-0.15, -0.1) is 0 Å². The van der Waals surface area contributed by atoms with E-state index in [9.17, 15) is 9.59 Å². The Morgan fingerprint density at radius 2 is 1.90 bits per heavy atom. The van der Waals surface area contributed by atoms with Gasteiger partial charge in [0.1, 0.15) is 5.65 Å². The van der Waals surface area contributed by atoms with Crippen molar-refractivity contribution < 1.29 is 23.8 Å². The fourth-order valence-electron chi connectivity index (χ4n) is 4.93. The molecular weight excluding hydrogens is 510 g/mol. The van der Waals surface area contributed by atoms with Crippen LogP contribution >= 0.6 is 0 Å². The lowest BCUT2D eigenvalue weighted by Crippen LogP contribution is -2.29. The lowest BCUT2D eigenvalue weighted by atomic mass is 9.85. The number of hydrogen-bond donors (Lipinski definition) is 2. The number of rotatable bonds is 11. The number of hydrogen-bond acceptors (Lipinski definition) is 8. The van der Waals surface area contributed by atoms with Gasteiger partial charge in [-0.1, -0.05) is 24.6 Å². The fraction of sp³-hybridized carbons (Fsp3) is 0.333. The molecule has 10 heteroatoms. The number of methoxy groups -OCH3 is 3. The van der Waals surface area contributed by atoms with E-state index in [2.05, 4.69) is 15.6 Å². The molecule has 1 aromatic carbocycles. The second-order valence-electron chi connectivity index (χ2n) is 9.66. The Morgan fingerprint density at radius 3 is 2.58 bits per heavy atom. The first-order valence-corrected chi connectivity index (χ1v) is 13.3. The Balaban J connectivity index is 1.53. The number of benzene rings is 1. The Kier molecular flexibility index (Phi) is 8.14. The summed E-state index contributed by atoms with van der Waals surface area (Å²) in [4.78, 5) is 35.3. The molecule has 3 aromatic heterocycles. The molecule has 4 aromatic rings. The van der Waals surface area contributed by atoms with Crippen LogP contribution in [0, 0.1) is 5.92 Å². The molecule has 40 heavy (non-hydrogen) atoms. The highest BCUT2D eigenvalue weighted by molar-refractivity contribution is 6.11. The van der Waals surface area contributed by atoms with Gasteiger partial charge in [0.2, 0.25) is 5.91 Å². The number of carbonyl (C=O) groups excluding carboxylic acids is 2. The summed E-state index contributed by atoms with van der Waals surface area (Å²) in [5, 5.41) is 7.08. The van der Waals surface area contributed by atoms with E-state index in [4.69, 9.17) is 19.2 Å². The van der Waals surface area contributed by atoms with Crippen molar-refractivity contribution in [2.24, 2.45) is 5.92 Å². The standard InChI is InChI=1S/C30H33N5O5/c1-38-24-12-7-10-20(27(24)39-2)17-32-22-16-23-25(34-29(36)19-8-6-9-19)26(30(37)40-3)35(28(23)33-18-22)15-13-21-11-4-5-14-31-21/h4-5,7,10-12,14,16,18-19,32H,6,8-9,13,15,17H2,1-3H3,(H,34,36). The van der Waals surface area contributed by atoms with Crippen LogP contribution in [0.1, 0.15) is 41.0 Å². The topological polar surface area (TPSA) is 117 Å². The molecule has 1 fully saturated rings. The van der Waals surface area contributed by atoms with Gasteiger partial charge >= 0.3 is 5.97 Å². The average molecular weight is 544 g/mol. The van der Waals surface area contributed by atoms with Gasteiger partial charge in [-0.05, 0) is 37.1 Å². The van der Waals surface area contributed by atoms with E-state index in [1.807, 2.05) is 42.5 Å². The predicted molar refractivity (Wildman–Crippen MR) is 152 cm³/mol. The van der Waals surface area contributed by atoms with Crippen LogP contribution in [-0.4, -0.2) is 47.7 Å². The van der Waals surface area contributed by atoms with E-state index in [1.165, 1.54) is 7.11 Å². The van der Waals surface area contributed by atoms with Crippen LogP contribution in [-0.2, 0) is 29.0 Å². The summed E-state index contributed by atoms with van der Waals surface area (Å²) in [6.45, 7) is 0.875. The van der Waals surface area contributed by atoms with Gasteiger partial charge in [0.15, 0.2) is 17.2 Å². The van der Waals surface area contributed by atoms with Crippen molar-refractivity contribution in [1.29, 1.82) is 0 Å². The summed E-state index contributed by atoms with van der Waals surface area (Å²) in [6, 6.07) is 13.3. The highest BCUT2D eigenvalue weighted by atomic mass is 16.5. The molecule has 5 rings (SSSR count). The van der Waals surface area contributed by atoms with Crippen LogP contribution in [0.2, 0.25) is 0 Å². The fourth-order valence-corrected chi connectivity index (χ4v) is 4.93. The van der Waals surface area contributed by atoms with Gasteiger partial charge in [0, 0.05) is 48.3 Å². The van der Waals surface area contributed by atoms with Crippen LogP contribution in [0.5, 0.6) is 11.5 Å². The summed E-state index contributed by atoms with van der Waals surface area (Å²) < 4.78 is 18.0. The van der Waals surface area contributed by atoms with Gasteiger partial charge in [-0.2, -0.15) is 0 Å². The zero-order valence-electron chi connectivity index (χ0n) is 22.9. The van der Waals surface area contributed by atoms with Gasteiger partial charge < -0.3 is 29.4 Å². The summed E-state index contributed by atoms with van der Waals surface area (Å²) in [7, 11) is 4.54. The molecule has 2 N–H and O–H groups in total. The minimum atomic E-state index is -0.543. The van der Waals surface area contributed by atoms with Crippen LogP contribution in [0.4, 0.5) is 11.4 Å². The van der Waals surface area contributed by atoms with E-state index in [0.29, 0.717) is 47.7 Å². The number of nitrogens with one attached hydrogen (secondary N) is 2. The molecule has 0 radical (unpaired) electrons. The van der Waals surface area contributed by atoms with Crippen LogP contribution in [0.15, 0.2) is 54.9 Å². The lowest BCUT2D eigenvalue weighted by molar-refractivity contribution is -0.122. The van der Waals surface area contributed by atoms with E-state index >= 15 is 0 Å². The predicted octanol–water partition coefficient (Wildman–Crippen LogP) is 4.83. The molecule has 208 valence electrons. The number of anilines is 2. The minimum Gasteiger partial charge on any atom is -0.493 e. The van der Waals surface area contributed by atoms with Crippen molar-refractivity contribution in [2.75, 3.05) is 32.0 Å². The normalized spacial score (nSPS) is 13.0. The quantitative estimate of drug-likeness (QED) is 0.259. The Morgan fingerprint density at radius 1 is 1.05 bits per heavy atom. The van der Waals surface area contributed by atoms with Crippen molar-refractivity contribution in [1.82, 2.24) is 14.5 Å². The van der Waals surface area contributed by atoms with Gasteiger partial charge in [-0.3, -0.25) is 9.78 Å². The van der Waals surface area contributed by atoms with Crippen LogP contribution < -0.4 is 20.1 Å². The van der Waals surface area contributed by atoms with E-state index in [1.54, 1.807) is 31.2 Å². The smallest absolute Gasteiger partial charge is 0.356 e. The Bertz CT molecular complexity index is 1510. The number of amides is 1. The zero-order chi connectivity index (χ0) is 28.1. The maximum Gasteiger partial charge on any atom is 0.356 e. The molecule has 0 bridgehead atoms. The average Bonchev–Trinajstić information content (AvgIpc) is 3.25. The van der Waals surface area contributed by atoms with E-state index in [0.717, 1.165) is 36.2 Å². The maximum atomic E-state index is 13.1. The summed E-state index contributed by atoms with van der Waals surface area (Å²) in [6.07, 6.45) is 6.72. The number of carbonyl (C=O) groups is 2. The number of fused-ring (bicyclic) bond motifs is 1. The zero-order valence-corrected chi connectivity index (χ0v) is 22.9. The molecular formula is C30H33N5O5. The monoisotopic (exact) mass is 543 g/mol. The second-order valence-corrected chi connectivity index (χ2v) is 9.66. The second kappa shape index (κ2) is 12.1. The summed E-state index contributed by atoms with van der Waals surface area (Å²) in [5.41, 5.74) is 3.75. The summed E-state index contributed by atoms with van der Waals surface area (Å²) in [5.74, 6) is 0.586. The lowest BCUT2D eigenvalue weighted by Gasteiger charge is -2.24. The largest absolute Gasteiger partial charge is 0.493 e. The summed E-state index contributed by atoms with van der Waals surface area (Å²) >= 11 is 0. The van der Waals surface area contributed by atoms with E-state index in [-0.39, 0.29) is 17.5 Å². The van der Waals surface area contributed by atoms with Crippen molar-refractivity contribution in [2.45, 2.75) is 38.8 Å². The third-order valence-corrected chi connectivity index (χ3v) is 7.29. The molecule has 1 saturated carbocycles. The number of pyridine rings is 2. The highest BCUT2D eigenvalue weighted by Crippen LogP contribution is 2.36. The highest BCUT2D eigenvalue weighted by Gasteiger charge is 2.30. The third-order valence-electron chi connectivity index (χ3n) is 7.29. The molecule has 0 saturated heterocycles. The van der Waals surface area contributed by atoms with Gasteiger partial charge in [0.25, 0.3) is 0 Å². The minimum absolute atomic E-state index is 0.0628. The molecule has 0 spiro atoms. The van der Waals surface area contributed by atoms with Crippen molar-refractivity contribution in [3.63, 3.8) is 0 Å². The molecule has 10 nitrogen and oxygen atoms in total. The van der Waals surface area contributed by atoms with Crippen LogP contribution in [0.25, 0.3) is 11.0 Å². The number of aryl methyl sites for hydroxylation is 2. The number of para-hydroxylation sites is 1. The first-order valence-electron chi connectivity index (χ1n) is 13.3. The SMILES string of the molecule is COC(=O)c1c(NC(=O)C2CCC2)c2cc(NCc3cccc(OC)c3OC)cnc2n1CCc1ccccn1. The first kappa shape index (κ1) is 27.0. The molecule has 0 atom stereocenters. The molecule has 3 heterocycles. The number of nitrogens with zero attached hydrogens (tertiary/aromatic N) is 3. The van der Waals surface area contributed by atoms with Crippen molar-refractivity contribution >= 4 is 34.3 Å². The Labute approximate surface area is 232 Å². The number of esters is 1. The molecule has 1 aliphatic carbocycles. The van der Waals surface area contributed by atoms with Gasteiger partial charge in [-0.25, -0.2) is 9.78 Å². The third kappa shape index (κ3) is 5.42. The van der Waals surface area contributed by atoms with Crippen LogP contribution in [0.3, 0.4) is 0 Å². The molecule has 1 amide bonds. The molecule has 0 aliphatic heterocycles. The Hall–Kier alpha value is -4.60. The number of aromatic nitrogens is 3. The molecule has 0 unspecified atom stereocenters. The van der Waals surface area contributed by atoms with Crippen molar-refractivity contribution in [3.05, 3.63) is 71.8 Å². The number of ether oxygens (including phenoxy) is 3. The van der Waals surface area contributed by atoms with Gasteiger partial charge in [0.05, 0.1) is 38.9 Å². The molecule has 1 aliphatic rings. The maximum absolute atomic E-state index is 13.1. The van der Waals surface area contributed by atoms with Crippen molar-refractivity contribution in [3.8, 4) is 11.5 Å². The van der Waals surface area contributed by atoms with E-state index < -0.39 is 5.97 Å². The first-order chi connectivity index (χ1) is 19.5.